The smallest absolute Gasteiger partial charge is 0.320 e. The quantitative estimate of drug-likeness (QED) is 0.724. The molecule has 0 heterocycles. The van der Waals surface area contributed by atoms with Gasteiger partial charge in [-0.05, 0) is 18.3 Å². The zero-order chi connectivity index (χ0) is 9.14. The zero-order valence-electron chi connectivity index (χ0n) is 7.90. The Labute approximate surface area is 85.1 Å². The lowest BCUT2D eigenvalue weighted by Crippen LogP contribution is -2.42. The van der Waals surface area contributed by atoms with Crippen LogP contribution in [0.25, 0.3) is 0 Å². The average molecular weight is 208 g/mol. The van der Waals surface area contributed by atoms with Gasteiger partial charge in [0.2, 0.25) is 0 Å². The van der Waals surface area contributed by atoms with Crippen LogP contribution in [0.4, 0.5) is 0 Å². The summed E-state index contributed by atoms with van der Waals surface area (Å²) < 4.78 is 0. The second-order valence-corrected chi connectivity index (χ2v) is 3.79. The van der Waals surface area contributed by atoms with Gasteiger partial charge >= 0.3 is 5.97 Å². The monoisotopic (exact) mass is 207 g/mol. The molecule has 0 spiro atoms. The molecule has 0 aromatic heterocycles. The summed E-state index contributed by atoms with van der Waals surface area (Å²) in [4.78, 5) is 10.6. The van der Waals surface area contributed by atoms with Gasteiger partial charge in [-0.2, -0.15) is 0 Å². The van der Waals surface area contributed by atoms with E-state index in [-0.39, 0.29) is 18.3 Å². The molecule has 3 atom stereocenters. The van der Waals surface area contributed by atoms with Gasteiger partial charge in [-0.3, -0.25) is 4.79 Å². The SMILES string of the molecule is CC1CCCCC1C(N)C(=O)O.Cl. The van der Waals surface area contributed by atoms with Crippen molar-refractivity contribution in [1.29, 1.82) is 0 Å². The van der Waals surface area contributed by atoms with Crippen molar-refractivity contribution in [2.24, 2.45) is 17.6 Å². The largest absolute Gasteiger partial charge is 0.480 e. The minimum Gasteiger partial charge on any atom is -0.480 e. The van der Waals surface area contributed by atoms with E-state index in [9.17, 15) is 4.79 Å². The van der Waals surface area contributed by atoms with E-state index in [1.54, 1.807) is 0 Å². The van der Waals surface area contributed by atoms with E-state index in [0.29, 0.717) is 5.92 Å². The molecule has 1 aliphatic carbocycles. The van der Waals surface area contributed by atoms with E-state index in [0.717, 1.165) is 19.3 Å². The van der Waals surface area contributed by atoms with Gasteiger partial charge in [-0.1, -0.05) is 26.2 Å². The number of aliphatic carboxylic acids is 1. The molecule has 0 amide bonds. The molecule has 4 heteroatoms. The van der Waals surface area contributed by atoms with Crippen molar-refractivity contribution in [3.8, 4) is 0 Å². The number of rotatable bonds is 2. The number of hydrogen-bond acceptors (Lipinski definition) is 2. The fraction of sp³-hybridized carbons (Fsp3) is 0.889. The minimum absolute atomic E-state index is 0. The molecule has 1 saturated carbocycles. The molecule has 1 rings (SSSR count). The van der Waals surface area contributed by atoms with Crippen LogP contribution in [0, 0.1) is 11.8 Å². The summed E-state index contributed by atoms with van der Waals surface area (Å²) in [5, 5.41) is 8.73. The standard InChI is InChI=1S/C9H17NO2.ClH/c1-6-4-2-3-5-7(6)8(10)9(11)12;/h6-8H,2-5,10H2,1H3,(H,11,12);1H. The molecule has 3 nitrogen and oxygen atoms in total. The third-order valence-corrected chi connectivity index (χ3v) is 2.92. The topological polar surface area (TPSA) is 63.3 Å². The molecule has 0 radical (unpaired) electrons. The van der Waals surface area contributed by atoms with Crippen LogP contribution < -0.4 is 5.73 Å². The van der Waals surface area contributed by atoms with E-state index < -0.39 is 12.0 Å². The summed E-state index contributed by atoms with van der Waals surface area (Å²) in [6, 6.07) is -0.653. The predicted molar refractivity (Wildman–Crippen MR) is 54.0 cm³/mol. The summed E-state index contributed by atoms with van der Waals surface area (Å²) in [5.74, 6) is -0.185. The lowest BCUT2D eigenvalue weighted by atomic mass is 9.76. The number of carboxylic acid groups (broad SMARTS) is 1. The third kappa shape index (κ3) is 3.16. The Morgan fingerprint density at radius 3 is 2.46 bits per heavy atom. The summed E-state index contributed by atoms with van der Waals surface area (Å²) in [7, 11) is 0. The van der Waals surface area contributed by atoms with Crippen LogP contribution >= 0.6 is 12.4 Å². The maximum absolute atomic E-state index is 10.6. The Morgan fingerprint density at radius 2 is 2.00 bits per heavy atom. The second-order valence-electron chi connectivity index (χ2n) is 3.79. The molecular formula is C9H18ClNO2. The Morgan fingerprint density at radius 1 is 1.46 bits per heavy atom. The molecule has 0 aliphatic heterocycles. The number of nitrogens with two attached hydrogens (primary N) is 1. The molecule has 0 saturated heterocycles. The molecule has 13 heavy (non-hydrogen) atoms. The highest BCUT2D eigenvalue weighted by Gasteiger charge is 2.30. The molecule has 78 valence electrons. The Hall–Kier alpha value is -0.280. The van der Waals surface area contributed by atoms with E-state index in [4.69, 9.17) is 10.8 Å². The maximum Gasteiger partial charge on any atom is 0.320 e. The minimum atomic E-state index is -0.853. The molecule has 1 fully saturated rings. The molecule has 1 aliphatic rings. The van der Waals surface area contributed by atoms with Gasteiger partial charge in [0.1, 0.15) is 6.04 Å². The molecule has 0 aromatic rings. The highest BCUT2D eigenvalue weighted by atomic mass is 35.5. The first kappa shape index (κ1) is 12.7. The highest BCUT2D eigenvalue weighted by molar-refractivity contribution is 5.85. The normalized spacial score (nSPS) is 30.3. The van der Waals surface area contributed by atoms with Crippen molar-refractivity contribution in [2.45, 2.75) is 38.6 Å². The second kappa shape index (κ2) is 5.45. The van der Waals surface area contributed by atoms with Crippen molar-refractivity contribution in [2.75, 3.05) is 0 Å². The van der Waals surface area contributed by atoms with Crippen molar-refractivity contribution < 1.29 is 9.90 Å². The van der Waals surface area contributed by atoms with Gasteiger partial charge in [-0.15, -0.1) is 12.4 Å². The van der Waals surface area contributed by atoms with Gasteiger partial charge in [0.25, 0.3) is 0 Å². The first-order valence-electron chi connectivity index (χ1n) is 4.61. The van der Waals surface area contributed by atoms with Crippen molar-refractivity contribution >= 4 is 18.4 Å². The summed E-state index contributed by atoms with van der Waals surface area (Å²) in [6.07, 6.45) is 4.47. The Bertz CT molecular complexity index is 175. The van der Waals surface area contributed by atoms with Crippen LogP contribution in [0.2, 0.25) is 0 Å². The average Bonchev–Trinajstić information content (AvgIpc) is 2.04. The fourth-order valence-electron chi connectivity index (χ4n) is 2.06. The van der Waals surface area contributed by atoms with E-state index in [1.165, 1.54) is 6.42 Å². The van der Waals surface area contributed by atoms with Crippen LogP contribution in [-0.2, 0) is 4.79 Å². The lowest BCUT2D eigenvalue weighted by Gasteiger charge is -2.31. The number of carboxylic acids is 1. The van der Waals surface area contributed by atoms with Gasteiger partial charge in [0.05, 0.1) is 0 Å². The van der Waals surface area contributed by atoms with Crippen molar-refractivity contribution in [3.05, 3.63) is 0 Å². The van der Waals surface area contributed by atoms with Gasteiger partial charge in [0.15, 0.2) is 0 Å². The van der Waals surface area contributed by atoms with E-state index in [1.807, 2.05) is 0 Å². The van der Waals surface area contributed by atoms with Crippen LogP contribution in [0.15, 0.2) is 0 Å². The lowest BCUT2D eigenvalue weighted by molar-refractivity contribution is -0.140. The van der Waals surface area contributed by atoms with Gasteiger partial charge in [0, 0.05) is 0 Å². The first-order chi connectivity index (χ1) is 5.63. The first-order valence-corrected chi connectivity index (χ1v) is 4.61. The van der Waals surface area contributed by atoms with Crippen LogP contribution in [0.3, 0.4) is 0 Å². The van der Waals surface area contributed by atoms with E-state index >= 15 is 0 Å². The van der Waals surface area contributed by atoms with Gasteiger partial charge < -0.3 is 10.8 Å². The Kier molecular flexibility index (Phi) is 5.33. The molecule has 0 bridgehead atoms. The van der Waals surface area contributed by atoms with Crippen LogP contribution in [0.5, 0.6) is 0 Å². The number of halogens is 1. The van der Waals surface area contributed by atoms with Gasteiger partial charge in [-0.25, -0.2) is 0 Å². The predicted octanol–water partition coefficient (Wildman–Crippen LogP) is 1.65. The molecule has 3 unspecified atom stereocenters. The number of carbonyl (C=O) groups is 1. The third-order valence-electron chi connectivity index (χ3n) is 2.92. The van der Waals surface area contributed by atoms with Crippen molar-refractivity contribution in [3.63, 3.8) is 0 Å². The Balaban J connectivity index is 0.00000144. The van der Waals surface area contributed by atoms with E-state index in [2.05, 4.69) is 6.92 Å². The summed E-state index contributed by atoms with van der Waals surface area (Å²) >= 11 is 0. The fourth-order valence-corrected chi connectivity index (χ4v) is 2.06. The molecular weight excluding hydrogens is 190 g/mol. The molecule has 0 aromatic carbocycles. The zero-order valence-corrected chi connectivity index (χ0v) is 8.72. The summed E-state index contributed by atoms with van der Waals surface area (Å²) in [5.41, 5.74) is 5.58. The van der Waals surface area contributed by atoms with Crippen molar-refractivity contribution in [1.82, 2.24) is 0 Å². The summed E-state index contributed by atoms with van der Waals surface area (Å²) in [6.45, 7) is 2.10. The van der Waals surface area contributed by atoms with Crippen LogP contribution in [-0.4, -0.2) is 17.1 Å². The maximum atomic E-state index is 10.6. The number of hydrogen-bond donors (Lipinski definition) is 2. The molecule has 3 N–H and O–H groups in total. The van der Waals surface area contributed by atoms with Crippen LogP contribution in [0.1, 0.15) is 32.6 Å². The highest BCUT2D eigenvalue weighted by Crippen LogP contribution is 2.31.